The highest BCUT2D eigenvalue weighted by molar-refractivity contribution is 5.85. The van der Waals surface area contributed by atoms with Gasteiger partial charge in [-0.1, -0.05) is 0 Å². The lowest BCUT2D eigenvalue weighted by Gasteiger charge is -2.11. The van der Waals surface area contributed by atoms with Gasteiger partial charge in [0.2, 0.25) is 0 Å². The zero-order valence-corrected chi connectivity index (χ0v) is 11.1. The molecule has 2 aromatic rings. The first-order valence-electron chi connectivity index (χ1n) is 6.10. The van der Waals surface area contributed by atoms with E-state index in [1.54, 1.807) is 6.92 Å². The molecule has 5 heteroatoms. The van der Waals surface area contributed by atoms with Crippen LogP contribution in [0.25, 0.3) is 6.08 Å². The first-order chi connectivity index (χ1) is 9.95. The predicted octanol–water partition coefficient (Wildman–Crippen LogP) is 4.16. The summed E-state index contributed by atoms with van der Waals surface area (Å²) in [7, 11) is 0. The lowest BCUT2D eigenvalue weighted by atomic mass is 10.1. The molecule has 0 unspecified atom stereocenters. The van der Waals surface area contributed by atoms with Gasteiger partial charge in [0.25, 0.3) is 0 Å². The molecule has 0 bridgehead atoms. The molecule has 0 saturated carbocycles. The van der Waals surface area contributed by atoms with Gasteiger partial charge in [-0.25, -0.2) is 13.6 Å². The molecule has 0 radical (unpaired) electrons. The second-order valence-corrected chi connectivity index (χ2v) is 4.37. The molecular formula is C16H12F2O3. The smallest absolute Gasteiger partial charge is 0.328 e. The van der Waals surface area contributed by atoms with Crippen molar-refractivity contribution in [3.05, 3.63) is 65.2 Å². The predicted molar refractivity (Wildman–Crippen MR) is 74.3 cm³/mol. The standard InChI is InChI=1S/C16H12F2O3/c1-10-8-12(17)3-5-14(10)21-15-6-4-13(18)9-11(15)2-7-16(19)20/h2-9H,1H3,(H,19,20)/b7-2+. The molecule has 2 rings (SSSR count). The molecule has 0 aliphatic carbocycles. The van der Waals surface area contributed by atoms with E-state index in [1.807, 2.05) is 0 Å². The number of aliphatic carboxylic acids is 1. The molecule has 0 aromatic heterocycles. The van der Waals surface area contributed by atoms with Gasteiger partial charge in [0, 0.05) is 11.6 Å². The largest absolute Gasteiger partial charge is 0.478 e. The molecule has 108 valence electrons. The summed E-state index contributed by atoms with van der Waals surface area (Å²) < 4.78 is 31.9. The van der Waals surface area contributed by atoms with Crippen LogP contribution in [-0.2, 0) is 4.79 Å². The number of halogens is 2. The van der Waals surface area contributed by atoms with Crippen molar-refractivity contribution in [2.45, 2.75) is 6.92 Å². The highest BCUT2D eigenvalue weighted by Crippen LogP contribution is 2.29. The topological polar surface area (TPSA) is 46.5 Å². The van der Waals surface area contributed by atoms with Crippen molar-refractivity contribution in [1.82, 2.24) is 0 Å². The first kappa shape index (κ1) is 14.7. The van der Waals surface area contributed by atoms with E-state index in [1.165, 1.54) is 36.4 Å². The summed E-state index contributed by atoms with van der Waals surface area (Å²) in [5.41, 5.74) is 0.855. The van der Waals surface area contributed by atoms with Crippen molar-refractivity contribution >= 4 is 12.0 Å². The molecule has 0 aliphatic heterocycles. The number of ether oxygens (including phenoxy) is 1. The molecule has 0 aliphatic rings. The fraction of sp³-hybridized carbons (Fsp3) is 0.0625. The maximum atomic E-state index is 13.3. The summed E-state index contributed by atoms with van der Waals surface area (Å²) in [6, 6.07) is 7.77. The Bertz CT molecular complexity index is 709. The van der Waals surface area contributed by atoms with Crippen LogP contribution in [0.5, 0.6) is 11.5 Å². The van der Waals surface area contributed by atoms with Crippen LogP contribution in [0.15, 0.2) is 42.5 Å². The average molecular weight is 290 g/mol. The van der Waals surface area contributed by atoms with E-state index >= 15 is 0 Å². The Morgan fingerprint density at radius 3 is 2.33 bits per heavy atom. The maximum absolute atomic E-state index is 13.3. The van der Waals surface area contributed by atoms with E-state index < -0.39 is 11.8 Å². The Morgan fingerprint density at radius 1 is 1.10 bits per heavy atom. The fourth-order valence-electron chi connectivity index (χ4n) is 1.75. The van der Waals surface area contributed by atoms with Crippen LogP contribution in [-0.4, -0.2) is 11.1 Å². The number of hydrogen-bond acceptors (Lipinski definition) is 2. The van der Waals surface area contributed by atoms with Gasteiger partial charge in [-0.3, -0.25) is 0 Å². The third kappa shape index (κ3) is 3.89. The highest BCUT2D eigenvalue weighted by Gasteiger charge is 2.07. The molecule has 1 N–H and O–H groups in total. The van der Waals surface area contributed by atoms with Crippen LogP contribution in [0, 0.1) is 18.6 Å². The third-order valence-corrected chi connectivity index (χ3v) is 2.73. The van der Waals surface area contributed by atoms with Gasteiger partial charge in [-0.2, -0.15) is 0 Å². The Kier molecular flexibility index (Phi) is 4.33. The molecule has 3 nitrogen and oxygen atoms in total. The van der Waals surface area contributed by atoms with Crippen LogP contribution >= 0.6 is 0 Å². The molecular weight excluding hydrogens is 278 g/mol. The van der Waals surface area contributed by atoms with Gasteiger partial charge in [-0.15, -0.1) is 0 Å². The highest BCUT2D eigenvalue weighted by atomic mass is 19.1. The number of rotatable bonds is 4. The van der Waals surface area contributed by atoms with Crippen molar-refractivity contribution < 1.29 is 23.4 Å². The van der Waals surface area contributed by atoms with Gasteiger partial charge >= 0.3 is 5.97 Å². The number of carbonyl (C=O) groups is 1. The zero-order chi connectivity index (χ0) is 15.4. The van der Waals surface area contributed by atoms with E-state index in [2.05, 4.69) is 0 Å². The lowest BCUT2D eigenvalue weighted by Crippen LogP contribution is -1.93. The number of carboxylic acids is 1. The number of hydrogen-bond donors (Lipinski definition) is 1. The van der Waals surface area contributed by atoms with Crippen LogP contribution in [0.3, 0.4) is 0 Å². The Balaban J connectivity index is 2.37. The van der Waals surface area contributed by atoms with Gasteiger partial charge < -0.3 is 9.84 Å². The Hall–Kier alpha value is -2.69. The van der Waals surface area contributed by atoms with Crippen LogP contribution in [0.1, 0.15) is 11.1 Å². The minimum Gasteiger partial charge on any atom is -0.478 e. The van der Waals surface area contributed by atoms with Gasteiger partial charge in [0.05, 0.1) is 0 Å². The van der Waals surface area contributed by atoms with Crippen LogP contribution in [0.4, 0.5) is 8.78 Å². The van der Waals surface area contributed by atoms with E-state index in [-0.39, 0.29) is 17.1 Å². The maximum Gasteiger partial charge on any atom is 0.328 e. The summed E-state index contributed by atoms with van der Waals surface area (Å²) in [5.74, 6) is -1.35. The van der Waals surface area contributed by atoms with E-state index in [9.17, 15) is 13.6 Å². The summed E-state index contributed by atoms with van der Waals surface area (Å²) in [5, 5.41) is 8.64. The molecule has 21 heavy (non-hydrogen) atoms. The van der Waals surface area contributed by atoms with Crippen LogP contribution in [0.2, 0.25) is 0 Å². The fourth-order valence-corrected chi connectivity index (χ4v) is 1.75. The van der Waals surface area contributed by atoms with E-state index in [0.29, 0.717) is 11.3 Å². The second-order valence-electron chi connectivity index (χ2n) is 4.37. The molecule has 0 saturated heterocycles. The van der Waals surface area contributed by atoms with Gasteiger partial charge in [0.1, 0.15) is 23.1 Å². The molecule has 0 fully saturated rings. The minimum absolute atomic E-state index is 0.279. The van der Waals surface area contributed by atoms with Crippen molar-refractivity contribution in [2.24, 2.45) is 0 Å². The average Bonchev–Trinajstić information content (AvgIpc) is 2.41. The SMILES string of the molecule is Cc1cc(F)ccc1Oc1ccc(F)cc1/C=C/C(=O)O. The van der Waals surface area contributed by atoms with E-state index in [4.69, 9.17) is 9.84 Å². The number of aryl methyl sites for hydroxylation is 1. The Labute approximate surface area is 120 Å². The molecule has 0 heterocycles. The summed E-state index contributed by atoms with van der Waals surface area (Å²) in [6.07, 6.45) is 2.12. The van der Waals surface area contributed by atoms with Crippen molar-refractivity contribution in [1.29, 1.82) is 0 Å². The summed E-state index contributed by atoms with van der Waals surface area (Å²) >= 11 is 0. The Morgan fingerprint density at radius 2 is 1.71 bits per heavy atom. The lowest BCUT2D eigenvalue weighted by molar-refractivity contribution is -0.131. The summed E-state index contributed by atoms with van der Waals surface area (Å²) in [4.78, 5) is 10.6. The van der Waals surface area contributed by atoms with Crippen LogP contribution < -0.4 is 4.74 Å². The number of benzene rings is 2. The minimum atomic E-state index is -1.15. The third-order valence-electron chi connectivity index (χ3n) is 2.73. The van der Waals surface area contributed by atoms with Crippen molar-refractivity contribution in [3.8, 4) is 11.5 Å². The first-order valence-corrected chi connectivity index (χ1v) is 6.10. The molecule has 0 spiro atoms. The monoisotopic (exact) mass is 290 g/mol. The zero-order valence-electron chi connectivity index (χ0n) is 11.1. The molecule has 2 aromatic carbocycles. The van der Waals surface area contributed by atoms with Crippen molar-refractivity contribution in [3.63, 3.8) is 0 Å². The van der Waals surface area contributed by atoms with Gasteiger partial charge in [-0.05, 0) is 55.0 Å². The normalized spacial score (nSPS) is 10.8. The molecule has 0 atom stereocenters. The molecule has 0 amide bonds. The van der Waals surface area contributed by atoms with Crippen molar-refractivity contribution in [2.75, 3.05) is 0 Å². The van der Waals surface area contributed by atoms with Gasteiger partial charge in [0.15, 0.2) is 0 Å². The number of carboxylic acid groups (broad SMARTS) is 1. The summed E-state index contributed by atoms with van der Waals surface area (Å²) in [6.45, 7) is 1.68. The second kappa shape index (κ2) is 6.17. The quantitative estimate of drug-likeness (QED) is 0.860. The van der Waals surface area contributed by atoms with E-state index in [0.717, 1.165) is 12.1 Å².